The van der Waals surface area contributed by atoms with Crippen LogP contribution in [0.5, 0.6) is 0 Å². The zero-order chi connectivity index (χ0) is 25.3. The van der Waals surface area contributed by atoms with E-state index in [4.69, 9.17) is 4.74 Å². The lowest BCUT2D eigenvalue weighted by Crippen LogP contribution is -2.34. The predicted molar refractivity (Wildman–Crippen MR) is 134 cm³/mol. The van der Waals surface area contributed by atoms with Crippen molar-refractivity contribution in [3.63, 3.8) is 0 Å². The van der Waals surface area contributed by atoms with E-state index in [0.717, 1.165) is 10.9 Å². The Morgan fingerprint density at radius 3 is 2.75 bits per heavy atom. The lowest BCUT2D eigenvalue weighted by Gasteiger charge is -2.27. The number of rotatable bonds is 5. The van der Waals surface area contributed by atoms with E-state index in [2.05, 4.69) is 20.6 Å². The predicted octanol–water partition coefficient (Wildman–Crippen LogP) is 4.27. The van der Waals surface area contributed by atoms with Crippen molar-refractivity contribution in [3.8, 4) is 0 Å². The summed E-state index contributed by atoms with van der Waals surface area (Å²) in [4.78, 5) is 32.8. The Morgan fingerprint density at radius 2 is 1.94 bits per heavy atom. The highest BCUT2D eigenvalue weighted by Crippen LogP contribution is 2.35. The van der Waals surface area contributed by atoms with Crippen molar-refractivity contribution >= 4 is 38.6 Å². The summed E-state index contributed by atoms with van der Waals surface area (Å²) in [6.07, 6.45) is 2.87. The molecule has 184 valence electrons. The van der Waals surface area contributed by atoms with E-state index in [9.17, 15) is 18.0 Å². The van der Waals surface area contributed by atoms with Crippen molar-refractivity contribution in [2.75, 3.05) is 11.1 Å². The van der Waals surface area contributed by atoms with Gasteiger partial charge in [0.1, 0.15) is 12.3 Å². The molecule has 0 aliphatic carbocycles. The Bertz CT molecular complexity index is 1560. The maximum Gasteiger partial charge on any atom is 0.407 e. The summed E-state index contributed by atoms with van der Waals surface area (Å²) in [6, 6.07) is 15.2. The highest BCUT2D eigenvalue weighted by atomic mass is 32.2. The van der Waals surface area contributed by atoms with Crippen LogP contribution in [-0.4, -0.2) is 36.1 Å². The number of carbonyl (C=O) groups is 2. The number of H-pyrrole nitrogens is 1. The average Bonchev–Trinajstić information content (AvgIpc) is 3.35. The number of pyridine rings is 1. The van der Waals surface area contributed by atoms with E-state index < -0.39 is 27.9 Å². The molecule has 1 aliphatic heterocycles. The Morgan fingerprint density at radius 1 is 1.14 bits per heavy atom. The maximum atomic E-state index is 13.2. The molecule has 2 amide bonds. The van der Waals surface area contributed by atoms with Crippen LogP contribution in [0.2, 0.25) is 0 Å². The number of alkyl carbamates (subject to hydrolysis) is 1. The minimum Gasteiger partial charge on any atom is -0.445 e. The number of carbonyl (C=O) groups excluding carboxylic acids is 2. The number of aromatic amines is 1. The van der Waals surface area contributed by atoms with Crippen LogP contribution in [-0.2, 0) is 21.2 Å². The number of ether oxygens (including phenoxy) is 1. The van der Waals surface area contributed by atoms with Crippen LogP contribution < -0.4 is 10.6 Å². The van der Waals surface area contributed by atoms with Gasteiger partial charge in [0.25, 0.3) is 5.91 Å². The first kappa shape index (κ1) is 23.6. The SMILES string of the molecule is Cc1cc2c(cc1C(=O)Nc1ccnc3[nH]ccc13)S(=O)(=O)CC[C@@H]2NC(=O)OCc1ccccc1. The molecule has 2 aromatic carbocycles. The first-order valence-electron chi connectivity index (χ1n) is 11.4. The van der Waals surface area contributed by atoms with Crippen LogP contribution in [0.25, 0.3) is 11.0 Å². The van der Waals surface area contributed by atoms with E-state index in [1.165, 1.54) is 6.07 Å². The van der Waals surface area contributed by atoms with Gasteiger partial charge in [0.15, 0.2) is 9.84 Å². The lowest BCUT2D eigenvalue weighted by atomic mass is 9.97. The van der Waals surface area contributed by atoms with Crippen molar-refractivity contribution in [1.29, 1.82) is 0 Å². The summed E-state index contributed by atoms with van der Waals surface area (Å²) in [5.41, 5.74) is 3.32. The first-order valence-corrected chi connectivity index (χ1v) is 13.0. The van der Waals surface area contributed by atoms with Gasteiger partial charge in [-0.05, 0) is 48.2 Å². The van der Waals surface area contributed by atoms with Crippen LogP contribution in [0, 0.1) is 6.92 Å². The van der Waals surface area contributed by atoms with Crippen LogP contribution in [0.3, 0.4) is 0 Å². The minimum absolute atomic E-state index is 0.0411. The molecule has 0 spiro atoms. The summed E-state index contributed by atoms with van der Waals surface area (Å²) < 4.78 is 31.1. The van der Waals surface area contributed by atoms with E-state index in [0.29, 0.717) is 22.5 Å². The van der Waals surface area contributed by atoms with Crippen molar-refractivity contribution < 1.29 is 22.7 Å². The van der Waals surface area contributed by atoms with Crippen molar-refractivity contribution in [1.82, 2.24) is 15.3 Å². The second kappa shape index (κ2) is 9.46. The molecule has 36 heavy (non-hydrogen) atoms. The van der Waals surface area contributed by atoms with Gasteiger partial charge in [0.05, 0.1) is 22.4 Å². The first-order chi connectivity index (χ1) is 17.3. The number of hydrogen-bond donors (Lipinski definition) is 3. The Balaban J connectivity index is 1.38. The standard InChI is InChI=1S/C26H24N4O5S/c1-16-13-20-22(30-26(32)35-15-17-5-3-2-4-6-17)9-12-36(33,34)23(20)14-19(16)25(31)29-21-8-11-28-24-18(21)7-10-27-24/h2-8,10-11,13-14,22H,9,12,15H2,1H3,(H,30,32)(H2,27,28,29,31)/t22-/m0/s1. The Hall–Kier alpha value is -4.18. The number of fused-ring (bicyclic) bond motifs is 2. The molecular formula is C26H24N4O5S. The fourth-order valence-electron chi connectivity index (χ4n) is 4.35. The number of sulfone groups is 1. The highest BCUT2D eigenvalue weighted by Gasteiger charge is 2.33. The van der Waals surface area contributed by atoms with E-state index >= 15 is 0 Å². The van der Waals surface area contributed by atoms with Crippen LogP contribution >= 0.6 is 0 Å². The zero-order valence-electron chi connectivity index (χ0n) is 19.4. The number of nitrogens with zero attached hydrogens (tertiary/aromatic N) is 1. The molecule has 1 atom stereocenters. The molecule has 0 radical (unpaired) electrons. The quantitative estimate of drug-likeness (QED) is 0.372. The molecule has 2 aromatic heterocycles. The number of aryl methyl sites for hydroxylation is 1. The lowest BCUT2D eigenvalue weighted by molar-refractivity contribution is 0.102. The van der Waals surface area contributed by atoms with Gasteiger partial charge in [-0.3, -0.25) is 4.79 Å². The van der Waals surface area contributed by atoms with Gasteiger partial charge in [0, 0.05) is 23.3 Å². The van der Waals surface area contributed by atoms with Crippen molar-refractivity contribution in [2.45, 2.75) is 30.9 Å². The number of anilines is 1. The fourth-order valence-corrected chi connectivity index (χ4v) is 5.98. The molecule has 0 fully saturated rings. The van der Waals surface area contributed by atoms with Gasteiger partial charge >= 0.3 is 6.09 Å². The van der Waals surface area contributed by atoms with Crippen LogP contribution in [0.15, 0.2) is 71.9 Å². The molecule has 5 rings (SSSR count). The molecule has 3 N–H and O–H groups in total. The second-order valence-corrected chi connectivity index (χ2v) is 10.7. The molecule has 1 aliphatic rings. The third-order valence-corrected chi connectivity index (χ3v) is 8.00. The molecule has 0 saturated heterocycles. The van der Waals surface area contributed by atoms with Crippen LogP contribution in [0.1, 0.15) is 39.5 Å². The molecule has 9 nitrogen and oxygen atoms in total. The number of benzene rings is 2. The van der Waals surface area contributed by atoms with Gasteiger partial charge in [-0.25, -0.2) is 18.2 Å². The molecule has 0 unspecified atom stereocenters. The molecule has 0 saturated carbocycles. The zero-order valence-corrected chi connectivity index (χ0v) is 20.3. The van der Waals surface area contributed by atoms with E-state index in [1.54, 1.807) is 37.5 Å². The number of nitrogens with one attached hydrogen (secondary N) is 3. The Kier molecular flexibility index (Phi) is 6.19. The average molecular weight is 505 g/mol. The van der Waals surface area contributed by atoms with E-state index in [-0.39, 0.29) is 29.2 Å². The maximum absolute atomic E-state index is 13.2. The van der Waals surface area contributed by atoms with Crippen molar-refractivity contribution in [2.24, 2.45) is 0 Å². The monoisotopic (exact) mass is 504 g/mol. The number of hydrogen-bond acceptors (Lipinski definition) is 6. The second-order valence-electron chi connectivity index (χ2n) is 8.62. The van der Waals surface area contributed by atoms with Gasteiger partial charge in [-0.15, -0.1) is 0 Å². The van der Waals surface area contributed by atoms with Gasteiger partial charge < -0.3 is 20.4 Å². The topological polar surface area (TPSA) is 130 Å². The highest BCUT2D eigenvalue weighted by molar-refractivity contribution is 7.91. The molecular weight excluding hydrogens is 480 g/mol. The third-order valence-electron chi connectivity index (χ3n) is 6.20. The summed E-state index contributed by atoms with van der Waals surface area (Å²) in [6.45, 7) is 1.84. The molecule has 0 bridgehead atoms. The molecule has 4 aromatic rings. The minimum atomic E-state index is -3.62. The largest absolute Gasteiger partial charge is 0.445 e. The summed E-state index contributed by atoms with van der Waals surface area (Å²) in [7, 11) is -3.62. The number of amides is 2. The Labute approximate surface area is 207 Å². The van der Waals surface area contributed by atoms with Crippen LogP contribution in [0.4, 0.5) is 10.5 Å². The van der Waals surface area contributed by atoms with Crippen molar-refractivity contribution in [3.05, 3.63) is 89.2 Å². The summed E-state index contributed by atoms with van der Waals surface area (Å²) in [5, 5.41) is 6.38. The summed E-state index contributed by atoms with van der Waals surface area (Å²) in [5.74, 6) is -0.584. The van der Waals surface area contributed by atoms with Gasteiger partial charge in [-0.2, -0.15) is 0 Å². The molecule has 10 heteroatoms. The van der Waals surface area contributed by atoms with E-state index in [1.807, 2.05) is 30.3 Å². The fraction of sp³-hybridized carbons (Fsp3) is 0.192. The normalized spacial score (nSPS) is 16.2. The third kappa shape index (κ3) is 4.67. The summed E-state index contributed by atoms with van der Waals surface area (Å²) >= 11 is 0. The molecule has 3 heterocycles. The smallest absolute Gasteiger partial charge is 0.407 e. The van der Waals surface area contributed by atoms with Gasteiger partial charge in [-0.1, -0.05) is 36.4 Å². The van der Waals surface area contributed by atoms with Gasteiger partial charge in [0.2, 0.25) is 0 Å². The number of aromatic nitrogens is 2.